The summed E-state index contributed by atoms with van der Waals surface area (Å²) in [5.41, 5.74) is 8.90. The third kappa shape index (κ3) is 4.29. The van der Waals surface area contributed by atoms with E-state index in [9.17, 15) is 0 Å². The predicted octanol–water partition coefficient (Wildman–Crippen LogP) is 4.23. The molecule has 1 heterocycles. The molecule has 0 bridgehead atoms. The fourth-order valence-electron chi connectivity index (χ4n) is 3.40. The van der Waals surface area contributed by atoms with E-state index in [2.05, 4.69) is 84.2 Å². The van der Waals surface area contributed by atoms with Crippen molar-refractivity contribution in [1.82, 2.24) is 9.78 Å². The van der Waals surface area contributed by atoms with E-state index in [0.29, 0.717) is 5.96 Å². The number of benzene rings is 2. The van der Waals surface area contributed by atoms with Gasteiger partial charge in [-0.2, -0.15) is 0 Å². The Balaban J connectivity index is 1.90. The van der Waals surface area contributed by atoms with Gasteiger partial charge in [0, 0.05) is 0 Å². The topological polar surface area (TPSA) is 57.8 Å². The summed E-state index contributed by atoms with van der Waals surface area (Å²) in [6, 6.07) is 8.53. The van der Waals surface area contributed by atoms with Gasteiger partial charge in [-0.25, -0.2) is 0 Å². The number of guanidine groups is 1. The van der Waals surface area contributed by atoms with Crippen molar-refractivity contribution in [2.24, 2.45) is 17.0 Å². The van der Waals surface area contributed by atoms with Crippen molar-refractivity contribution in [3.8, 4) is 0 Å². The second kappa shape index (κ2) is 8.64. The molecule has 0 saturated carbocycles. The Morgan fingerprint density at radius 3 is 2.37 bits per heavy atom. The van der Waals surface area contributed by atoms with Crippen LogP contribution in [0.15, 0.2) is 34.3 Å². The number of rotatable bonds is 4. The van der Waals surface area contributed by atoms with Crippen LogP contribution in [0.2, 0.25) is 0 Å². The maximum atomic E-state index is 5.65. The first-order chi connectivity index (χ1) is 14.1. The van der Waals surface area contributed by atoms with Crippen LogP contribution in [0, 0.1) is 34.6 Å². The van der Waals surface area contributed by atoms with Crippen LogP contribution >= 0.6 is 0 Å². The van der Waals surface area contributed by atoms with Crippen LogP contribution in [0.5, 0.6) is 0 Å². The quantitative estimate of drug-likeness (QED) is 0.290. The van der Waals surface area contributed by atoms with E-state index in [0.717, 1.165) is 32.3 Å². The number of aryl methyl sites for hydroxylation is 6. The monoisotopic (exact) mass is 571 g/mol. The molecule has 6 nitrogen and oxygen atoms in total. The Morgan fingerprint density at radius 1 is 1.03 bits per heavy atom. The second-order valence-electron chi connectivity index (χ2n) is 7.65. The van der Waals surface area contributed by atoms with Gasteiger partial charge in [-0.3, -0.25) is 0 Å². The number of aliphatic imine (C=N–C) groups is 2. The summed E-state index contributed by atoms with van der Waals surface area (Å²) < 4.78 is 2.76. The molecule has 2 aromatic carbocycles. The molecule has 3 aromatic rings. The first-order valence-corrected chi connectivity index (χ1v) is 11.1. The number of nitrogens with zero attached hydrogens (tertiary/aromatic N) is 5. The molecule has 156 valence electrons. The fraction of sp³-hybridized carbons (Fsp3) is 0.304. The zero-order valence-corrected chi connectivity index (χ0v) is 21.5. The van der Waals surface area contributed by atoms with Crippen molar-refractivity contribution in [2.75, 3.05) is 17.3 Å². The van der Waals surface area contributed by atoms with Gasteiger partial charge < -0.3 is 0 Å². The van der Waals surface area contributed by atoms with Crippen LogP contribution in [-0.4, -0.2) is 33.7 Å². The number of anilines is 2. The summed E-state index contributed by atoms with van der Waals surface area (Å²) in [5.74, 6) is 0.380. The van der Waals surface area contributed by atoms with Crippen LogP contribution in [0.4, 0.5) is 11.4 Å². The molecule has 0 aliphatic carbocycles. The molecule has 30 heavy (non-hydrogen) atoms. The molecular weight excluding hydrogens is 544 g/mol. The summed E-state index contributed by atoms with van der Waals surface area (Å²) in [6.07, 6.45) is 0. The van der Waals surface area contributed by atoms with E-state index in [4.69, 9.17) is 6.72 Å². The Hall–Kier alpha value is -2.59. The van der Waals surface area contributed by atoms with Crippen molar-refractivity contribution in [2.45, 2.75) is 34.6 Å². The van der Waals surface area contributed by atoms with Gasteiger partial charge in [-0.1, -0.05) is 0 Å². The van der Waals surface area contributed by atoms with Crippen molar-refractivity contribution in [3.05, 3.63) is 52.2 Å². The average molecular weight is 571 g/mol. The Kier molecular flexibility index (Phi) is 6.37. The number of aromatic nitrogens is 2. The van der Waals surface area contributed by atoms with E-state index >= 15 is 0 Å². The number of nitrogens with one attached hydrogen (secondary N) is 1. The third-order valence-corrected chi connectivity index (χ3v) is 6.82. The Bertz CT molecular complexity index is 1190. The van der Waals surface area contributed by atoms with E-state index in [1.165, 1.54) is 41.4 Å². The molecule has 1 N–H and O–H groups in total. The van der Waals surface area contributed by atoms with Crippen molar-refractivity contribution < 1.29 is 19.4 Å². The minimum atomic E-state index is 0.380. The van der Waals surface area contributed by atoms with Gasteiger partial charge in [0.15, 0.2) is 0 Å². The van der Waals surface area contributed by atoms with Crippen LogP contribution in [0.1, 0.15) is 27.9 Å². The molecule has 1 aromatic heterocycles. The van der Waals surface area contributed by atoms with Crippen LogP contribution in [0.25, 0.3) is 10.9 Å². The summed E-state index contributed by atoms with van der Waals surface area (Å²) in [7, 11) is 3.97. The average Bonchev–Trinajstić information content (AvgIpc) is 2.97. The molecule has 0 fully saturated rings. The molecule has 0 atom stereocenters. The van der Waals surface area contributed by atoms with Crippen LogP contribution < -0.4 is 10.2 Å². The summed E-state index contributed by atoms with van der Waals surface area (Å²) >= 11 is 1.21. The first-order valence-electron chi connectivity index (χ1n) is 9.68. The first kappa shape index (κ1) is 22.1. The van der Waals surface area contributed by atoms with Gasteiger partial charge in [0.1, 0.15) is 0 Å². The van der Waals surface area contributed by atoms with Crippen LogP contribution in [-0.2, 0) is 26.4 Å². The fourth-order valence-corrected chi connectivity index (χ4v) is 4.07. The molecule has 7 heteroatoms. The molecule has 0 amide bonds. The molecule has 0 radical (unpaired) electrons. The summed E-state index contributed by atoms with van der Waals surface area (Å²) in [4.78, 5) is 10.6. The maximum absolute atomic E-state index is 5.65. The Morgan fingerprint density at radius 2 is 1.70 bits per heavy atom. The molecular formula is C23H27N6W-. The number of hydrogen-bond donors (Lipinski definition) is 1. The van der Waals surface area contributed by atoms with Gasteiger partial charge in [0.2, 0.25) is 0 Å². The number of fused-ring (bicyclic) bond motifs is 1. The zero-order valence-electron chi connectivity index (χ0n) is 18.5. The zero-order chi connectivity index (χ0) is 22.2. The summed E-state index contributed by atoms with van der Waals surface area (Å²) in [6.45, 7) is 16.1. The summed E-state index contributed by atoms with van der Waals surface area (Å²) in [5, 5.41) is 9.05. The third-order valence-electron chi connectivity index (χ3n) is 5.51. The van der Waals surface area contributed by atoms with Gasteiger partial charge in [0.25, 0.3) is 0 Å². The number of hydrogen-bond acceptors (Lipinski definition) is 3. The van der Waals surface area contributed by atoms with E-state index < -0.39 is 0 Å². The van der Waals surface area contributed by atoms with E-state index in [1.807, 2.05) is 18.8 Å². The Labute approximate surface area is 189 Å². The molecule has 0 aliphatic rings. The van der Waals surface area contributed by atoms with Crippen molar-refractivity contribution >= 4 is 39.1 Å². The van der Waals surface area contributed by atoms with E-state index in [1.54, 1.807) is 0 Å². The van der Waals surface area contributed by atoms with Gasteiger partial charge in [0.05, 0.1) is 0 Å². The molecule has 0 unspecified atom stereocenters. The molecule has 0 spiro atoms. The van der Waals surface area contributed by atoms with Gasteiger partial charge in [-0.15, -0.1) is 0 Å². The van der Waals surface area contributed by atoms with E-state index in [-0.39, 0.29) is 0 Å². The molecule has 0 saturated heterocycles. The normalized spacial score (nSPS) is 11.6. The molecule has 3 rings (SSSR count). The minimum absolute atomic E-state index is 0.380. The molecule has 0 aliphatic heterocycles. The van der Waals surface area contributed by atoms with Gasteiger partial charge in [-0.05, 0) is 0 Å². The SMILES string of the molecule is [CH-]=NC(=N[C](=[W])N(C)c1cc2nn(C)c(C)c2cc1C)Nc1cc(C)c(C)cc1C. The van der Waals surface area contributed by atoms with Crippen molar-refractivity contribution in [3.63, 3.8) is 0 Å². The van der Waals surface area contributed by atoms with Crippen LogP contribution in [0.3, 0.4) is 0 Å². The second-order valence-corrected chi connectivity index (χ2v) is 8.96. The van der Waals surface area contributed by atoms with Crippen molar-refractivity contribution in [1.29, 1.82) is 0 Å². The van der Waals surface area contributed by atoms with Gasteiger partial charge >= 0.3 is 189 Å². The predicted molar refractivity (Wildman–Crippen MR) is 124 cm³/mol. The standard InChI is InChI=1S/C23H27N6.W/c1-14-9-16(3)20(11-15(14)2)26-23(24-6)25-13-28(7)22-12-21-19(10-17(22)4)18(5)29(8)27-21;/h6,9-12H,1-5,7-8H3,(H,25,26);/q-1;.